The Morgan fingerprint density at radius 1 is 1.53 bits per heavy atom. The third-order valence-corrected chi connectivity index (χ3v) is 3.49. The van der Waals surface area contributed by atoms with Gasteiger partial charge in [-0.15, -0.1) is 0 Å². The van der Waals surface area contributed by atoms with Crippen LogP contribution in [0.2, 0.25) is 0 Å². The highest BCUT2D eigenvalue weighted by Crippen LogP contribution is 2.30. The predicted octanol–water partition coefficient (Wildman–Crippen LogP) is 3.37. The van der Waals surface area contributed by atoms with Crippen LogP contribution in [0.15, 0.2) is 22.8 Å². The fraction of sp³-hybridized carbons (Fsp3) is 0.692. The van der Waals surface area contributed by atoms with Crippen molar-refractivity contribution in [2.75, 3.05) is 6.54 Å². The Labute approximate surface area is 92.1 Å². The van der Waals surface area contributed by atoms with E-state index in [4.69, 9.17) is 4.42 Å². The van der Waals surface area contributed by atoms with E-state index in [1.54, 1.807) is 6.26 Å². The molecule has 1 aliphatic carbocycles. The van der Waals surface area contributed by atoms with Crippen LogP contribution in [0.5, 0.6) is 0 Å². The summed E-state index contributed by atoms with van der Waals surface area (Å²) < 4.78 is 5.37. The van der Waals surface area contributed by atoms with Crippen LogP contribution in [0, 0.1) is 11.8 Å². The molecule has 0 saturated heterocycles. The van der Waals surface area contributed by atoms with E-state index in [0.717, 1.165) is 24.1 Å². The fourth-order valence-corrected chi connectivity index (χ4v) is 2.49. The van der Waals surface area contributed by atoms with E-state index in [9.17, 15) is 0 Å². The van der Waals surface area contributed by atoms with Gasteiger partial charge in [0.15, 0.2) is 0 Å². The van der Waals surface area contributed by atoms with Crippen molar-refractivity contribution in [1.82, 2.24) is 5.32 Å². The summed E-state index contributed by atoms with van der Waals surface area (Å²) in [6.45, 7) is 5.65. The highest BCUT2D eigenvalue weighted by atomic mass is 16.3. The Kier molecular flexibility index (Phi) is 3.47. The minimum atomic E-state index is 0.343. The average molecular weight is 207 g/mol. The van der Waals surface area contributed by atoms with Crippen molar-refractivity contribution < 1.29 is 4.42 Å². The number of hydrogen-bond acceptors (Lipinski definition) is 2. The van der Waals surface area contributed by atoms with Gasteiger partial charge in [-0.2, -0.15) is 0 Å². The van der Waals surface area contributed by atoms with Gasteiger partial charge in [0.2, 0.25) is 0 Å². The molecule has 1 aliphatic rings. The second kappa shape index (κ2) is 4.84. The molecule has 15 heavy (non-hydrogen) atoms. The zero-order chi connectivity index (χ0) is 10.7. The molecule has 2 nitrogen and oxygen atoms in total. The Balaban J connectivity index is 1.74. The molecule has 3 atom stereocenters. The molecule has 0 bridgehead atoms. The number of nitrogens with one attached hydrogen (secondary N) is 1. The quantitative estimate of drug-likeness (QED) is 0.819. The van der Waals surface area contributed by atoms with Crippen LogP contribution in [0.25, 0.3) is 0 Å². The molecular weight excluding hydrogens is 186 g/mol. The summed E-state index contributed by atoms with van der Waals surface area (Å²) in [7, 11) is 0. The molecule has 0 amide bonds. The molecule has 3 unspecified atom stereocenters. The van der Waals surface area contributed by atoms with Gasteiger partial charge in [0.05, 0.1) is 12.3 Å². The van der Waals surface area contributed by atoms with E-state index in [0.29, 0.717) is 6.04 Å². The molecular formula is C13H21NO. The highest BCUT2D eigenvalue weighted by Gasteiger charge is 2.21. The van der Waals surface area contributed by atoms with Crippen LogP contribution < -0.4 is 5.32 Å². The lowest BCUT2D eigenvalue weighted by Gasteiger charge is -2.15. The summed E-state index contributed by atoms with van der Waals surface area (Å²) in [4.78, 5) is 0. The molecule has 84 valence electrons. The number of rotatable bonds is 4. The van der Waals surface area contributed by atoms with E-state index in [2.05, 4.69) is 19.2 Å². The van der Waals surface area contributed by atoms with E-state index in [-0.39, 0.29) is 0 Å². The molecule has 1 fully saturated rings. The first-order valence-corrected chi connectivity index (χ1v) is 6.02. The molecule has 1 aromatic heterocycles. The number of furan rings is 1. The lowest BCUT2D eigenvalue weighted by atomic mass is 10.1. The van der Waals surface area contributed by atoms with Crippen molar-refractivity contribution in [3.05, 3.63) is 24.2 Å². The Bertz CT molecular complexity index is 281. The summed E-state index contributed by atoms with van der Waals surface area (Å²) in [5, 5.41) is 3.55. The summed E-state index contributed by atoms with van der Waals surface area (Å²) >= 11 is 0. The molecule has 1 aromatic rings. The largest absolute Gasteiger partial charge is 0.468 e. The third kappa shape index (κ3) is 2.85. The first-order chi connectivity index (χ1) is 7.25. The molecule has 0 aliphatic heterocycles. The monoisotopic (exact) mass is 207 g/mol. The van der Waals surface area contributed by atoms with Crippen molar-refractivity contribution in [3.63, 3.8) is 0 Å². The average Bonchev–Trinajstić information content (AvgIpc) is 2.84. The molecule has 2 heteroatoms. The summed E-state index contributed by atoms with van der Waals surface area (Å²) in [6, 6.07) is 4.33. The standard InChI is InChI=1S/C13H21NO/c1-10-5-6-12(8-10)9-14-11(2)13-4-3-7-15-13/h3-4,7,10-12,14H,5-6,8-9H2,1-2H3. The van der Waals surface area contributed by atoms with Crippen LogP contribution in [0.3, 0.4) is 0 Å². The van der Waals surface area contributed by atoms with Crippen LogP contribution >= 0.6 is 0 Å². The Hall–Kier alpha value is -0.760. The van der Waals surface area contributed by atoms with Crippen molar-refractivity contribution in [1.29, 1.82) is 0 Å². The summed E-state index contributed by atoms with van der Waals surface area (Å²) in [5.41, 5.74) is 0. The Morgan fingerprint density at radius 2 is 2.40 bits per heavy atom. The van der Waals surface area contributed by atoms with Gasteiger partial charge < -0.3 is 9.73 Å². The van der Waals surface area contributed by atoms with Gasteiger partial charge in [-0.25, -0.2) is 0 Å². The van der Waals surface area contributed by atoms with Gasteiger partial charge in [0.25, 0.3) is 0 Å². The van der Waals surface area contributed by atoms with Crippen LogP contribution in [-0.2, 0) is 0 Å². The van der Waals surface area contributed by atoms with E-state index < -0.39 is 0 Å². The lowest BCUT2D eigenvalue weighted by Crippen LogP contribution is -2.24. The first kappa shape index (κ1) is 10.7. The highest BCUT2D eigenvalue weighted by molar-refractivity contribution is 5.02. The molecule has 0 aromatic carbocycles. The molecule has 1 heterocycles. The lowest BCUT2D eigenvalue weighted by molar-refractivity contribution is 0.391. The van der Waals surface area contributed by atoms with Crippen molar-refractivity contribution in [2.24, 2.45) is 11.8 Å². The molecule has 1 N–H and O–H groups in total. The minimum Gasteiger partial charge on any atom is -0.468 e. The van der Waals surface area contributed by atoms with Gasteiger partial charge in [-0.05, 0) is 50.3 Å². The maximum Gasteiger partial charge on any atom is 0.120 e. The second-order valence-electron chi connectivity index (χ2n) is 4.93. The van der Waals surface area contributed by atoms with Crippen molar-refractivity contribution in [3.8, 4) is 0 Å². The Morgan fingerprint density at radius 3 is 3.00 bits per heavy atom. The molecule has 0 radical (unpaired) electrons. The van der Waals surface area contributed by atoms with Crippen LogP contribution in [-0.4, -0.2) is 6.54 Å². The SMILES string of the molecule is CC1CCC(CNC(C)c2ccco2)C1. The zero-order valence-corrected chi connectivity index (χ0v) is 9.70. The summed E-state index contributed by atoms with van der Waals surface area (Å²) in [6.07, 6.45) is 5.92. The minimum absolute atomic E-state index is 0.343. The third-order valence-electron chi connectivity index (χ3n) is 3.49. The maximum atomic E-state index is 5.37. The topological polar surface area (TPSA) is 25.2 Å². The van der Waals surface area contributed by atoms with Gasteiger partial charge in [0.1, 0.15) is 5.76 Å². The smallest absolute Gasteiger partial charge is 0.120 e. The predicted molar refractivity (Wildman–Crippen MR) is 61.6 cm³/mol. The van der Waals surface area contributed by atoms with E-state index in [1.807, 2.05) is 12.1 Å². The van der Waals surface area contributed by atoms with Crippen molar-refractivity contribution in [2.45, 2.75) is 39.2 Å². The van der Waals surface area contributed by atoms with Gasteiger partial charge >= 0.3 is 0 Å². The molecule has 1 saturated carbocycles. The maximum absolute atomic E-state index is 5.37. The zero-order valence-electron chi connectivity index (χ0n) is 9.70. The van der Waals surface area contributed by atoms with Crippen LogP contribution in [0.1, 0.15) is 44.9 Å². The normalized spacial score (nSPS) is 28.1. The molecule has 2 rings (SSSR count). The van der Waals surface area contributed by atoms with E-state index >= 15 is 0 Å². The van der Waals surface area contributed by atoms with Gasteiger partial charge in [-0.3, -0.25) is 0 Å². The van der Waals surface area contributed by atoms with E-state index in [1.165, 1.54) is 19.3 Å². The van der Waals surface area contributed by atoms with Crippen LogP contribution in [0.4, 0.5) is 0 Å². The first-order valence-electron chi connectivity index (χ1n) is 6.02. The summed E-state index contributed by atoms with van der Waals surface area (Å²) in [5.74, 6) is 2.84. The molecule has 0 spiro atoms. The van der Waals surface area contributed by atoms with Gasteiger partial charge in [0, 0.05) is 0 Å². The second-order valence-corrected chi connectivity index (χ2v) is 4.93. The number of hydrogen-bond donors (Lipinski definition) is 1. The van der Waals surface area contributed by atoms with Gasteiger partial charge in [-0.1, -0.05) is 13.3 Å². The van der Waals surface area contributed by atoms with Crippen molar-refractivity contribution >= 4 is 0 Å². The fourth-order valence-electron chi connectivity index (χ4n) is 2.49.